The number of fused-ring (bicyclic) bond motifs is 1. The molecule has 3 heteroatoms. The highest BCUT2D eigenvalue weighted by Crippen LogP contribution is 2.64. The van der Waals surface area contributed by atoms with E-state index in [9.17, 15) is 0 Å². The minimum Gasteiger partial charge on any atom is -0.488 e. The average Bonchev–Trinajstić information content (AvgIpc) is 3.52. The Labute approximate surface area is 379 Å². The van der Waals surface area contributed by atoms with Crippen molar-refractivity contribution in [2.45, 2.75) is 50.4 Å². The molecule has 2 nitrogen and oxygen atoms in total. The summed E-state index contributed by atoms with van der Waals surface area (Å²) in [5, 5.41) is 0. The summed E-state index contributed by atoms with van der Waals surface area (Å²) in [5.74, 6) is 16.9. The van der Waals surface area contributed by atoms with E-state index in [2.05, 4.69) is 188 Å². The Morgan fingerprint density at radius 3 is 1.17 bits per heavy atom. The number of thiophene rings is 1. The zero-order chi connectivity index (χ0) is 42.5. The zero-order valence-electron chi connectivity index (χ0n) is 35.9. The van der Waals surface area contributed by atoms with Gasteiger partial charge in [-0.1, -0.05) is 170 Å². The van der Waals surface area contributed by atoms with Gasteiger partial charge < -0.3 is 9.47 Å². The second-order valence-electron chi connectivity index (χ2n) is 18.3. The molecule has 0 fully saturated rings. The molecule has 6 aliphatic carbocycles. The SMILES string of the molecule is CC#Cc1c2c(c(C#Cc3sc(C)c4c3OCC(Cc3ccccc3)(Cc3ccccc3)CO4)c3c1C1c4ccccc4C3c3ccccc31)C1c3ccccc3C2c2ccccc21. The first kappa shape index (κ1) is 37.5. The minimum atomic E-state index is -0.273. The minimum absolute atomic E-state index is 0.0312. The molecule has 4 bridgehead atoms. The summed E-state index contributed by atoms with van der Waals surface area (Å²) in [4.78, 5) is 2.02. The van der Waals surface area contributed by atoms with Gasteiger partial charge in [0.15, 0.2) is 11.5 Å². The zero-order valence-corrected chi connectivity index (χ0v) is 36.7. The molecule has 15 rings (SSSR count). The van der Waals surface area contributed by atoms with E-state index < -0.39 is 0 Å². The Morgan fingerprint density at radius 1 is 0.453 bits per heavy atom. The van der Waals surface area contributed by atoms with E-state index in [0.717, 1.165) is 39.7 Å². The van der Waals surface area contributed by atoms with Gasteiger partial charge in [0.1, 0.15) is 4.88 Å². The Bertz CT molecular complexity index is 3090. The van der Waals surface area contributed by atoms with Crippen LogP contribution in [0.15, 0.2) is 158 Å². The molecule has 0 saturated heterocycles. The molecule has 0 unspecified atom stereocenters. The van der Waals surface area contributed by atoms with Crippen LogP contribution in [0.4, 0.5) is 0 Å². The van der Waals surface area contributed by atoms with Gasteiger partial charge >= 0.3 is 0 Å². The van der Waals surface area contributed by atoms with Gasteiger partial charge in [0, 0.05) is 45.1 Å². The third kappa shape index (κ3) is 5.48. The molecule has 0 spiro atoms. The van der Waals surface area contributed by atoms with E-state index in [0.29, 0.717) is 13.2 Å². The maximum Gasteiger partial charge on any atom is 0.188 e. The highest BCUT2D eigenvalue weighted by Gasteiger charge is 2.50. The summed E-state index contributed by atoms with van der Waals surface area (Å²) in [6.45, 7) is 5.23. The van der Waals surface area contributed by atoms with Crippen molar-refractivity contribution in [2.24, 2.45) is 5.41 Å². The number of hydrogen-bond donors (Lipinski definition) is 0. The van der Waals surface area contributed by atoms with Crippen LogP contribution < -0.4 is 9.47 Å². The third-order valence-corrected chi connectivity index (χ3v) is 15.7. The Balaban J connectivity index is 1.03. The first-order valence-electron chi connectivity index (χ1n) is 22.6. The second-order valence-corrected chi connectivity index (χ2v) is 19.5. The van der Waals surface area contributed by atoms with Gasteiger partial charge in [-0.2, -0.15) is 0 Å². The van der Waals surface area contributed by atoms with Gasteiger partial charge in [-0.25, -0.2) is 0 Å². The molecule has 8 aromatic rings. The van der Waals surface area contributed by atoms with Crippen molar-refractivity contribution in [3.8, 4) is 35.2 Å². The van der Waals surface area contributed by atoms with Crippen molar-refractivity contribution in [2.75, 3.05) is 13.2 Å². The lowest BCUT2D eigenvalue weighted by atomic mass is 9.53. The lowest BCUT2D eigenvalue weighted by Crippen LogP contribution is -2.38. The maximum atomic E-state index is 7.07. The molecular formula is C61H44O2S. The fourth-order valence-corrected chi connectivity index (χ4v) is 13.2. The lowest BCUT2D eigenvalue weighted by Gasteiger charge is -2.48. The first-order chi connectivity index (χ1) is 31.6. The van der Waals surface area contributed by atoms with Gasteiger partial charge in [0.05, 0.1) is 13.2 Å². The smallest absolute Gasteiger partial charge is 0.188 e. The van der Waals surface area contributed by atoms with Crippen LogP contribution in [0, 0.1) is 36.0 Å². The molecule has 2 heterocycles. The van der Waals surface area contributed by atoms with Crippen LogP contribution in [-0.2, 0) is 12.8 Å². The highest BCUT2D eigenvalue weighted by atomic mass is 32.1. The topological polar surface area (TPSA) is 18.5 Å². The maximum absolute atomic E-state index is 7.07. The first-order valence-corrected chi connectivity index (χ1v) is 23.4. The van der Waals surface area contributed by atoms with E-state index in [-0.39, 0.29) is 29.1 Å². The Hall–Kier alpha value is -7.04. The Kier molecular flexibility index (Phi) is 8.50. The monoisotopic (exact) mass is 840 g/mol. The predicted molar refractivity (Wildman–Crippen MR) is 257 cm³/mol. The van der Waals surface area contributed by atoms with Gasteiger partial charge in [0.25, 0.3) is 0 Å². The van der Waals surface area contributed by atoms with E-state index in [4.69, 9.17) is 9.47 Å². The number of hydrogen-bond acceptors (Lipinski definition) is 3. The number of rotatable bonds is 4. The molecule has 0 saturated carbocycles. The molecular weight excluding hydrogens is 797 g/mol. The van der Waals surface area contributed by atoms with Crippen LogP contribution in [0.3, 0.4) is 0 Å². The molecule has 7 aliphatic rings. The van der Waals surface area contributed by atoms with Crippen molar-refractivity contribution < 1.29 is 9.47 Å². The average molecular weight is 841 g/mol. The highest BCUT2D eigenvalue weighted by molar-refractivity contribution is 7.13. The van der Waals surface area contributed by atoms with Gasteiger partial charge in [-0.15, -0.1) is 17.3 Å². The largest absolute Gasteiger partial charge is 0.488 e. The van der Waals surface area contributed by atoms with Crippen LogP contribution in [0.1, 0.15) is 129 Å². The van der Waals surface area contributed by atoms with E-state index >= 15 is 0 Å². The fraction of sp³-hybridized carbons (Fsp3) is 0.180. The molecule has 0 amide bonds. The molecule has 1 aromatic heterocycles. The van der Waals surface area contributed by atoms with Gasteiger partial charge in [-0.3, -0.25) is 0 Å². The van der Waals surface area contributed by atoms with Crippen molar-refractivity contribution >= 4 is 11.3 Å². The molecule has 1 aliphatic heterocycles. The fourth-order valence-electron chi connectivity index (χ4n) is 12.3. The van der Waals surface area contributed by atoms with Crippen molar-refractivity contribution in [1.82, 2.24) is 0 Å². The van der Waals surface area contributed by atoms with Crippen LogP contribution in [-0.4, -0.2) is 13.2 Å². The molecule has 64 heavy (non-hydrogen) atoms. The quantitative estimate of drug-likeness (QED) is 0.164. The molecule has 0 atom stereocenters. The van der Waals surface area contributed by atoms with E-state index in [1.165, 1.54) is 83.5 Å². The molecule has 7 aromatic carbocycles. The van der Waals surface area contributed by atoms with E-state index in [1.807, 2.05) is 6.92 Å². The summed E-state index contributed by atoms with van der Waals surface area (Å²) in [5.41, 5.74) is 21.1. The van der Waals surface area contributed by atoms with Crippen molar-refractivity contribution in [1.29, 1.82) is 0 Å². The lowest BCUT2D eigenvalue weighted by molar-refractivity contribution is 0.102. The molecule has 0 N–H and O–H groups in total. The van der Waals surface area contributed by atoms with Crippen molar-refractivity contribution in [3.63, 3.8) is 0 Å². The normalized spacial score (nSPS) is 19.2. The Morgan fingerprint density at radius 2 is 0.797 bits per heavy atom. The van der Waals surface area contributed by atoms with Crippen molar-refractivity contribution in [3.05, 3.63) is 256 Å². The number of ether oxygens (including phenoxy) is 2. The van der Waals surface area contributed by atoms with Crippen LogP contribution >= 0.6 is 11.3 Å². The summed E-state index contributed by atoms with van der Waals surface area (Å²) >= 11 is 1.69. The summed E-state index contributed by atoms with van der Waals surface area (Å²) < 4.78 is 14.0. The summed E-state index contributed by atoms with van der Waals surface area (Å²) in [6.07, 6.45) is 1.69. The van der Waals surface area contributed by atoms with Crippen LogP contribution in [0.5, 0.6) is 11.5 Å². The predicted octanol–water partition coefficient (Wildman–Crippen LogP) is 13.0. The van der Waals surface area contributed by atoms with Crippen LogP contribution in [0.2, 0.25) is 0 Å². The number of benzene rings is 7. The van der Waals surface area contributed by atoms with Gasteiger partial charge in [-0.05, 0) is 110 Å². The van der Waals surface area contributed by atoms with E-state index in [1.54, 1.807) is 11.3 Å². The van der Waals surface area contributed by atoms with Crippen LogP contribution in [0.25, 0.3) is 0 Å². The molecule has 0 radical (unpaired) electrons. The number of aryl methyl sites for hydroxylation is 1. The van der Waals surface area contributed by atoms with Gasteiger partial charge in [0.2, 0.25) is 0 Å². The second kappa shape index (κ2) is 14.5. The summed E-state index contributed by atoms with van der Waals surface area (Å²) in [6, 6.07) is 58.1. The third-order valence-electron chi connectivity index (χ3n) is 14.7. The standard InChI is InChI=1S/C61H44O2S/c1-3-18-48-55-51-40-23-10-14-27-44(40)53(45-28-15-11-24-41(45)51)57(55)49(58-54-46-29-16-12-25-42(46)52(56(48)58)43-26-13-17-30-47(43)54)31-32-50-60-59(37(2)64-50)62-35-61(36-63-60,33-38-19-6-4-7-20-38)34-39-21-8-5-9-22-39/h4-17,19-30,51-54H,33-36H2,1-2H3. The summed E-state index contributed by atoms with van der Waals surface area (Å²) in [7, 11) is 0. The molecule has 306 valence electrons.